The SMILES string of the molecule is CC(=O)OCCC1(CO[Si](C)(C)C(C)(C)C)COC2(CCCCC2)N1. The minimum atomic E-state index is -1.84. The van der Waals surface area contributed by atoms with Crippen LogP contribution in [0.2, 0.25) is 18.1 Å². The molecular weight excluding hydrogens is 334 g/mol. The normalized spacial score (nSPS) is 26.8. The van der Waals surface area contributed by atoms with Crippen molar-refractivity contribution in [2.75, 3.05) is 19.8 Å². The third kappa shape index (κ3) is 5.28. The highest BCUT2D eigenvalue weighted by atomic mass is 28.4. The Hall–Kier alpha value is -0.433. The average molecular weight is 372 g/mol. The Morgan fingerprint density at radius 1 is 1.20 bits per heavy atom. The second kappa shape index (κ2) is 7.67. The van der Waals surface area contributed by atoms with Gasteiger partial charge in [0.05, 0.1) is 25.4 Å². The predicted molar refractivity (Wildman–Crippen MR) is 102 cm³/mol. The molecule has 2 fully saturated rings. The van der Waals surface area contributed by atoms with E-state index in [4.69, 9.17) is 13.9 Å². The summed E-state index contributed by atoms with van der Waals surface area (Å²) in [6.45, 7) is 14.4. The number of rotatable bonds is 6. The van der Waals surface area contributed by atoms with Crippen LogP contribution >= 0.6 is 0 Å². The van der Waals surface area contributed by atoms with Gasteiger partial charge in [-0.1, -0.05) is 27.2 Å². The molecule has 1 aliphatic heterocycles. The van der Waals surface area contributed by atoms with Crippen molar-refractivity contribution in [2.24, 2.45) is 0 Å². The van der Waals surface area contributed by atoms with Crippen molar-refractivity contribution in [1.82, 2.24) is 5.32 Å². The lowest BCUT2D eigenvalue weighted by molar-refractivity contribution is -0.141. The summed E-state index contributed by atoms with van der Waals surface area (Å²) in [5, 5.41) is 3.97. The fourth-order valence-corrected chi connectivity index (χ4v) is 4.50. The molecule has 2 aliphatic rings. The molecule has 0 aromatic carbocycles. The zero-order valence-electron chi connectivity index (χ0n) is 17.0. The molecule has 5 nitrogen and oxygen atoms in total. The standard InChI is InChI=1S/C19H37NO4Si/c1-16(21)22-13-12-18(15-24-25(5,6)17(2,3)4)14-23-19(20-18)10-8-7-9-11-19/h20H,7-15H2,1-6H3. The zero-order chi connectivity index (χ0) is 18.8. The number of carbonyl (C=O) groups is 1. The Kier molecular flexibility index (Phi) is 6.40. The van der Waals surface area contributed by atoms with Crippen LogP contribution in [0.4, 0.5) is 0 Å². The van der Waals surface area contributed by atoms with Gasteiger partial charge in [0, 0.05) is 13.3 Å². The van der Waals surface area contributed by atoms with Gasteiger partial charge in [-0.3, -0.25) is 10.1 Å². The van der Waals surface area contributed by atoms with E-state index in [2.05, 4.69) is 39.2 Å². The highest BCUT2D eigenvalue weighted by Crippen LogP contribution is 2.40. The number of hydrogen-bond acceptors (Lipinski definition) is 5. The van der Waals surface area contributed by atoms with Gasteiger partial charge < -0.3 is 13.9 Å². The highest BCUT2D eigenvalue weighted by molar-refractivity contribution is 6.74. The third-order valence-electron chi connectivity index (χ3n) is 6.18. The summed E-state index contributed by atoms with van der Waals surface area (Å²) in [6.07, 6.45) is 6.54. The van der Waals surface area contributed by atoms with Crippen LogP contribution in [0, 0.1) is 0 Å². The maximum Gasteiger partial charge on any atom is 0.302 e. The first-order valence-electron chi connectivity index (χ1n) is 9.70. The monoisotopic (exact) mass is 371 g/mol. The molecule has 1 spiro atoms. The lowest BCUT2D eigenvalue weighted by Gasteiger charge is -2.41. The van der Waals surface area contributed by atoms with E-state index in [1.54, 1.807) is 0 Å². The molecule has 6 heteroatoms. The van der Waals surface area contributed by atoms with E-state index in [-0.39, 0.29) is 22.3 Å². The van der Waals surface area contributed by atoms with Gasteiger partial charge in [0.15, 0.2) is 8.32 Å². The lowest BCUT2D eigenvalue weighted by Crippen LogP contribution is -2.57. The van der Waals surface area contributed by atoms with Crippen LogP contribution in [0.15, 0.2) is 0 Å². The summed E-state index contributed by atoms with van der Waals surface area (Å²) in [7, 11) is -1.84. The van der Waals surface area contributed by atoms with E-state index < -0.39 is 8.32 Å². The quantitative estimate of drug-likeness (QED) is 0.565. The molecule has 1 saturated carbocycles. The van der Waals surface area contributed by atoms with Crippen molar-refractivity contribution >= 4 is 14.3 Å². The van der Waals surface area contributed by atoms with Gasteiger partial charge >= 0.3 is 5.97 Å². The molecule has 1 aliphatic carbocycles. The second-order valence-corrected chi connectivity index (χ2v) is 14.2. The fraction of sp³-hybridized carbons (Fsp3) is 0.947. The number of nitrogens with one attached hydrogen (secondary N) is 1. The van der Waals surface area contributed by atoms with Gasteiger partial charge in [0.1, 0.15) is 5.72 Å². The van der Waals surface area contributed by atoms with Gasteiger partial charge in [0.2, 0.25) is 0 Å². The first kappa shape index (κ1) is 20.9. The smallest absolute Gasteiger partial charge is 0.302 e. The third-order valence-corrected chi connectivity index (χ3v) is 10.7. The summed E-state index contributed by atoms with van der Waals surface area (Å²) >= 11 is 0. The summed E-state index contributed by atoms with van der Waals surface area (Å²) in [5.74, 6) is -0.230. The van der Waals surface area contributed by atoms with Crippen LogP contribution < -0.4 is 5.32 Å². The van der Waals surface area contributed by atoms with E-state index in [9.17, 15) is 4.79 Å². The minimum absolute atomic E-state index is 0.173. The predicted octanol–water partition coefficient (Wildman–Crippen LogP) is 3.98. The Morgan fingerprint density at radius 2 is 1.84 bits per heavy atom. The second-order valence-electron chi connectivity index (χ2n) is 9.39. The van der Waals surface area contributed by atoms with Crippen LogP contribution in [0.5, 0.6) is 0 Å². The Balaban J connectivity index is 2.06. The van der Waals surface area contributed by atoms with E-state index in [0.717, 1.165) is 19.3 Å². The minimum Gasteiger partial charge on any atom is -0.466 e. The molecule has 0 amide bonds. The van der Waals surface area contributed by atoms with Gasteiger partial charge in [-0.25, -0.2) is 0 Å². The molecule has 1 unspecified atom stereocenters. The van der Waals surface area contributed by atoms with Crippen molar-refractivity contribution in [2.45, 2.75) is 95.6 Å². The zero-order valence-corrected chi connectivity index (χ0v) is 18.0. The molecule has 0 radical (unpaired) electrons. The van der Waals surface area contributed by atoms with Gasteiger partial charge in [-0.2, -0.15) is 0 Å². The van der Waals surface area contributed by atoms with Crippen LogP contribution in [-0.2, 0) is 18.7 Å². The Bertz CT molecular complexity index is 469. The lowest BCUT2D eigenvalue weighted by atomic mass is 9.90. The largest absolute Gasteiger partial charge is 0.466 e. The molecule has 0 bridgehead atoms. The van der Waals surface area contributed by atoms with E-state index >= 15 is 0 Å². The molecule has 146 valence electrons. The number of hydrogen-bond donors (Lipinski definition) is 1. The summed E-state index contributed by atoms with van der Waals surface area (Å²) < 4.78 is 18.0. The van der Waals surface area contributed by atoms with E-state index in [1.807, 2.05) is 0 Å². The summed E-state index contributed by atoms with van der Waals surface area (Å²) in [5.41, 5.74) is -0.465. The molecule has 25 heavy (non-hydrogen) atoms. The average Bonchev–Trinajstić information content (AvgIpc) is 2.84. The van der Waals surface area contributed by atoms with Crippen molar-refractivity contribution in [3.05, 3.63) is 0 Å². The van der Waals surface area contributed by atoms with Gasteiger partial charge in [0.25, 0.3) is 0 Å². The van der Waals surface area contributed by atoms with Crippen LogP contribution in [0.25, 0.3) is 0 Å². The molecule has 1 saturated heterocycles. The molecule has 1 N–H and O–H groups in total. The topological polar surface area (TPSA) is 56.8 Å². The summed E-state index contributed by atoms with van der Waals surface area (Å²) in [6, 6.07) is 0. The Labute approximate surface area is 154 Å². The molecule has 1 atom stereocenters. The number of esters is 1. The molecule has 0 aromatic rings. The molecule has 2 rings (SSSR count). The molecule has 0 aromatic heterocycles. The van der Waals surface area contributed by atoms with Crippen molar-refractivity contribution in [3.63, 3.8) is 0 Å². The van der Waals surface area contributed by atoms with Crippen molar-refractivity contribution < 1.29 is 18.7 Å². The van der Waals surface area contributed by atoms with E-state index in [0.29, 0.717) is 19.8 Å². The highest BCUT2D eigenvalue weighted by Gasteiger charge is 2.50. The number of ether oxygens (including phenoxy) is 2. The van der Waals surface area contributed by atoms with Crippen LogP contribution in [0.3, 0.4) is 0 Å². The van der Waals surface area contributed by atoms with Gasteiger partial charge in [-0.05, 0) is 43.8 Å². The van der Waals surface area contributed by atoms with Crippen LogP contribution in [-0.4, -0.2) is 45.4 Å². The maximum absolute atomic E-state index is 11.2. The van der Waals surface area contributed by atoms with Crippen molar-refractivity contribution in [1.29, 1.82) is 0 Å². The Morgan fingerprint density at radius 3 is 2.40 bits per heavy atom. The molecular formula is C19H37NO4Si. The van der Waals surface area contributed by atoms with Crippen LogP contribution in [0.1, 0.15) is 66.2 Å². The van der Waals surface area contributed by atoms with E-state index in [1.165, 1.54) is 26.2 Å². The fourth-order valence-electron chi connectivity index (χ4n) is 3.43. The first-order chi connectivity index (χ1) is 11.5. The maximum atomic E-state index is 11.2. The van der Waals surface area contributed by atoms with Gasteiger partial charge in [-0.15, -0.1) is 0 Å². The van der Waals surface area contributed by atoms with Crippen molar-refractivity contribution in [3.8, 4) is 0 Å². The molecule has 1 heterocycles. The number of carbonyl (C=O) groups excluding carboxylic acids is 1. The summed E-state index contributed by atoms with van der Waals surface area (Å²) in [4.78, 5) is 11.2. The first-order valence-corrected chi connectivity index (χ1v) is 12.6.